The van der Waals surface area contributed by atoms with E-state index in [1.807, 2.05) is 4.90 Å². The fraction of sp³-hybridized carbons (Fsp3) is 0.529. The first-order valence-corrected chi connectivity index (χ1v) is 8.11. The molecule has 5 nitrogen and oxygen atoms in total. The predicted molar refractivity (Wildman–Crippen MR) is 88.1 cm³/mol. The second-order valence-corrected chi connectivity index (χ2v) is 5.74. The van der Waals surface area contributed by atoms with Crippen molar-refractivity contribution in [3.8, 4) is 0 Å². The van der Waals surface area contributed by atoms with Gasteiger partial charge < -0.3 is 15.5 Å². The highest BCUT2D eigenvalue weighted by Crippen LogP contribution is 2.19. The van der Waals surface area contributed by atoms with Crippen LogP contribution in [0.1, 0.15) is 49.9 Å². The highest BCUT2D eigenvalue weighted by Gasteiger charge is 2.23. The molecule has 120 valence electrons. The number of carbonyl (C=O) groups excluding carboxylic acids is 2. The summed E-state index contributed by atoms with van der Waals surface area (Å²) in [6.45, 7) is 5.62. The number of hydrogen-bond acceptors (Lipinski definition) is 2. The fourth-order valence-corrected chi connectivity index (χ4v) is 2.26. The number of urea groups is 1. The Morgan fingerprint density at radius 2 is 1.68 bits per heavy atom. The molecule has 1 aliphatic rings. The Bertz CT molecular complexity index is 503. The number of amides is 3. The van der Waals surface area contributed by atoms with E-state index in [-0.39, 0.29) is 11.9 Å². The summed E-state index contributed by atoms with van der Waals surface area (Å²) >= 11 is 0. The average molecular weight is 303 g/mol. The molecule has 0 saturated heterocycles. The second-order valence-electron chi connectivity index (χ2n) is 5.74. The summed E-state index contributed by atoms with van der Waals surface area (Å²) in [5.41, 5.74) is 1.34. The summed E-state index contributed by atoms with van der Waals surface area (Å²) in [6, 6.07) is 7.31. The van der Waals surface area contributed by atoms with E-state index >= 15 is 0 Å². The quantitative estimate of drug-likeness (QED) is 0.812. The van der Waals surface area contributed by atoms with Gasteiger partial charge in [0.05, 0.1) is 0 Å². The number of anilines is 1. The Balaban J connectivity index is 1.91. The van der Waals surface area contributed by atoms with Crippen LogP contribution in [0.2, 0.25) is 0 Å². The molecule has 1 aromatic carbocycles. The van der Waals surface area contributed by atoms with E-state index in [1.54, 1.807) is 24.3 Å². The number of benzene rings is 1. The molecular weight excluding hydrogens is 278 g/mol. The van der Waals surface area contributed by atoms with Crippen LogP contribution in [0.5, 0.6) is 0 Å². The monoisotopic (exact) mass is 303 g/mol. The van der Waals surface area contributed by atoms with Crippen molar-refractivity contribution in [2.24, 2.45) is 0 Å². The first kappa shape index (κ1) is 16.3. The SMILES string of the molecule is CCCN(CCC)C(=O)Nc1ccc(C(=O)NC2CC2)cc1. The Labute approximate surface area is 132 Å². The molecule has 3 amide bonds. The highest BCUT2D eigenvalue weighted by molar-refractivity contribution is 5.95. The van der Waals surface area contributed by atoms with E-state index in [0.29, 0.717) is 17.3 Å². The van der Waals surface area contributed by atoms with Gasteiger partial charge in [0.2, 0.25) is 0 Å². The summed E-state index contributed by atoms with van der Waals surface area (Å²) in [5, 5.41) is 5.83. The molecule has 0 radical (unpaired) electrons. The maximum atomic E-state index is 12.2. The molecule has 2 N–H and O–H groups in total. The van der Waals surface area contributed by atoms with Crippen molar-refractivity contribution < 1.29 is 9.59 Å². The van der Waals surface area contributed by atoms with Gasteiger partial charge in [-0.15, -0.1) is 0 Å². The van der Waals surface area contributed by atoms with Crippen LogP contribution in [-0.4, -0.2) is 36.0 Å². The van der Waals surface area contributed by atoms with E-state index in [2.05, 4.69) is 24.5 Å². The molecule has 0 atom stereocenters. The van der Waals surface area contributed by atoms with Gasteiger partial charge in [0.25, 0.3) is 5.91 Å². The van der Waals surface area contributed by atoms with E-state index < -0.39 is 0 Å². The predicted octanol–water partition coefficient (Wildman–Crippen LogP) is 3.23. The molecule has 5 heteroatoms. The van der Waals surface area contributed by atoms with E-state index in [9.17, 15) is 9.59 Å². The zero-order valence-electron chi connectivity index (χ0n) is 13.4. The van der Waals surface area contributed by atoms with Gasteiger partial charge in [0, 0.05) is 30.4 Å². The Morgan fingerprint density at radius 3 is 2.18 bits per heavy atom. The van der Waals surface area contributed by atoms with Crippen LogP contribution in [0.15, 0.2) is 24.3 Å². The lowest BCUT2D eigenvalue weighted by Gasteiger charge is -2.21. The van der Waals surface area contributed by atoms with Crippen LogP contribution in [0.3, 0.4) is 0 Å². The molecule has 0 heterocycles. The number of nitrogens with one attached hydrogen (secondary N) is 2. The molecule has 1 saturated carbocycles. The highest BCUT2D eigenvalue weighted by atomic mass is 16.2. The van der Waals surface area contributed by atoms with Gasteiger partial charge in [-0.3, -0.25) is 4.79 Å². The Morgan fingerprint density at radius 1 is 1.09 bits per heavy atom. The third kappa shape index (κ3) is 4.76. The maximum absolute atomic E-state index is 12.2. The lowest BCUT2D eigenvalue weighted by Crippen LogP contribution is -2.36. The van der Waals surface area contributed by atoms with Crippen LogP contribution < -0.4 is 10.6 Å². The van der Waals surface area contributed by atoms with Crippen molar-refractivity contribution in [1.29, 1.82) is 0 Å². The summed E-state index contributed by atoms with van der Waals surface area (Å²) in [7, 11) is 0. The van der Waals surface area contributed by atoms with Gasteiger partial charge in [0.15, 0.2) is 0 Å². The minimum atomic E-state index is -0.0844. The normalized spacial score (nSPS) is 13.5. The minimum Gasteiger partial charge on any atom is -0.349 e. The molecule has 0 aliphatic heterocycles. The molecule has 0 bridgehead atoms. The summed E-state index contributed by atoms with van der Waals surface area (Å²) in [4.78, 5) is 25.9. The molecule has 0 unspecified atom stereocenters. The summed E-state index contributed by atoms with van der Waals surface area (Å²) in [5.74, 6) is -0.0426. The molecule has 0 aromatic heterocycles. The zero-order valence-corrected chi connectivity index (χ0v) is 13.4. The molecular formula is C17H25N3O2. The van der Waals surface area contributed by atoms with Gasteiger partial charge in [-0.2, -0.15) is 0 Å². The first-order chi connectivity index (χ1) is 10.6. The molecule has 0 spiro atoms. The zero-order chi connectivity index (χ0) is 15.9. The van der Waals surface area contributed by atoms with Crippen LogP contribution >= 0.6 is 0 Å². The average Bonchev–Trinajstić information content (AvgIpc) is 3.31. The first-order valence-electron chi connectivity index (χ1n) is 8.11. The van der Waals surface area contributed by atoms with Crippen molar-refractivity contribution in [2.75, 3.05) is 18.4 Å². The van der Waals surface area contributed by atoms with Crippen LogP contribution in [0.4, 0.5) is 10.5 Å². The summed E-state index contributed by atoms with van der Waals surface area (Å²) in [6.07, 6.45) is 4.02. The number of nitrogens with zero attached hydrogens (tertiary/aromatic N) is 1. The Hall–Kier alpha value is -2.04. The van der Waals surface area contributed by atoms with E-state index in [4.69, 9.17) is 0 Å². The van der Waals surface area contributed by atoms with Gasteiger partial charge in [-0.05, 0) is 49.9 Å². The third-order valence-corrected chi connectivity index (χ3v) is 3.59. The van der Waals surface area contributed by atoms with E-state index in [1.165, 1.54) is 0 Å². The Kier molecular flexibility index (Phi) is 5.81. The van der Waals surface area contributed by atoms with Crippen LogP contribution in [0, 0.1) is 0 Å². The van der Waals surface area contributed by atoms with Crippen molar-refractivity contribution in [3.05, 3.63) is 29.8 Å². The van der Waals surface area contributed by atoms with Crippen molar-refractivity contribution in [1.82, 2.24) is 10.2 Å². The summed E-state index contributed by atoms with van der Waals surface area (Å²) < 4.78 is 0. The third-order valence-electron chi connectivity index (χ3n) is 3.59. The van der Waals surface area contributed by atoms with Crippen molar-refractivity contribution in [2.45, 2.75) is 45.6 Å². The minimum absolute atomic E-state index is 0.0426. The molecule has 2 rings (SSSR count). The van der Waals surface area contributed by atoms with Gasteiger partial charge in [0.1, 0.15) is 0 Å². The second kappa shape index (κ2) is 7.82. The topological polar surface area (TPSA) is 61.4 Å². The molecule has 22 heavy (non-hydrogen) atoms. The largest absolute Gasteiger partial charge is 0.349 e. The lowest BCUT2D eigenvalue weighted by molar-refractivity contribution is 0.0951. The number of carbonyl (C=O) groups is 2. The van der Waals surface area contributed by atoms with Gasteiger partial charge in [-0.25, -0.2) is 4.79 Å². The molecule has 1 aromatic rings. The van der Waals surface area contributed by atoms with Crippen LogP contribution in [0.25, 0.3) is 0 Å². The van der Waals surface area contributed by atoms with E-state index in [0.717, 1.165) is 38.8 Å². The van der Waals surface area contributed by atoms with Crippen LogP contribution in [-0.2, 0) is 0 Å². The van der Waals surface area contributed by atoms with Gasteiger partial charge >= 0.3 is 6.03 Å². The van der Waals surface area contributed by atoms with Crippen molar-refractivity contribution >= 4 is 17.6 Å². The lowest BCUT2D eigenvalue weighted by atomic mass is 10.2. The van der Waals surface area contributed by atoms with Gasteiger partial charge in [-0.1, -0.05) is 13.8 Å². The number of rotatable bonds is 7. The maximum Gasteiger partial charge on any atom is 0.321 e. The smallest absolute Gasteiger partial charge is 0.321 e. The number of hydrogen-bond donors (Lipinski definition) is 2. The van der Waals surface area contributed by atoms with Crippen molar-refractivity contribution in [3.63, 3.8) is 0 Å². The standard InChI is InChI=1S/C17H25N3O2/c1-3-11-20(12-4-2)17(22)19-15-7-5-13(6-8-15)16(21)18-14-9-10-14/h5-8,14H,3-4,9-12H2,1-2H3,(H,18,21)(H,19,22). The molecule has 1 fully saturated rings. The molecule has 1 aliphatic carbocycles. The fourth-order valence-electron chi connectivity index (χ4n) is 2.26.